The van der Waals surface area contributed by atoms with Gasteiger partial charge >= 0.3 is 18.1 Å². The predicted molar refractivity (Wildman–Crippen MR) is 117 cm³/mol. The van der Waals surface area contributed by atoms with Gasteiger partial charge in [-0.25, -0.2) is 4.79 Å². The SMILES string of the molecule is COc1ccc(CC(C)Nc2cccc(CCC(=O)O)c2)c(C)c1OC.O=C(O)C(F)(F)F. The average molecular weight is 471 g/mol. The fraction of sp³-hybridized carbons (Fsp3) is 0.391. The molecule has 0 amide bonds. The van der Waals surface area contributed by atoms with Gasteiger partial charge in [-0.15, -0.1) is 0 Å². The molecule has 1 atom stereocenters. The Labute approximate surface area is 190 Å². The molecule has 2 aromatic carbocycles. The second kappa shape index (κ2) is 12.6. The van der Waals surface area contributed by atoms with E-state index in [1.807, 2.05) is 37.3 Å². The number of hydrogen-bond acceptors (Lipinski definition) is 5. The van der Waals surface area contributed by atoms with E-state index in [9.17, 15) is 18.0 Å². The lowest BCUT2D eigenvalue weighted by Gasteiger charge is -2.19. The Kier molecular flexibility index (Phi) is 10.5. The molecule has 10 heteroatoms. The number of rotatable bonds is 9. The Morgan fingerprint density at radius 1 is 1.09 bits per heavy atom. The van der Waals surface area contributed by atoms with Crippen LogP contribution in [0.15, 0.2) is 36.4 Å². The Balaban J connectivity index is 0.000000675. The number of carbonyl (C=O) groups is 2. The third-order valence-electron chi connectivity index (χ3n) is 4.64. The largest absolute Gasteiger partial charge is 0.493 e. The molecular formula is C23H28F3NO6. The monoisotopic (exact) mass is 471 g/mol. The molecule has 7 nitrogen and oxygen atoms in total. The first-order valence-corrected chi connectivity index (χ1v) is 9.96. The second-order valence-electron chi connectivity index (χ2n) is 7.23. The summed E-state index contributed by atoms with van der Waals surface area (Å²) in [6.45, 7) is 4.16. The predicted octanol–water partition coefficient (Wildman–Crippen LogP) is 4.71. The van der Waals surface area contributed by atoms with E-state index in [-0.39, 0.29) is 12.5 Å². The van der Waals surface area contributed by atoms with Crippen molar-refractivity contribution in [2.24, 2.45) is 0 Å². The first kappa shape index (κ1) is 27.6. The molecule has 0 heterocycles. The number of ether oxygens (including phenoxy) is 2. The van der Waals surface area contributed by atoms with E-state index in [1.54, 1.807) is 14.2 Å². The molecule has 0 bridgehead atoms. The summed E-state index contributed by atoms with van der Waals surface area (Å²) in [7, 11) is 3.29. The van der Waals surface area contributed by atoms with Crippen LogP contribution in [0.2, 0.25) is 0 Å². The summed E-state index contributed by atoms with van der Waals surface area (Å²) in [6, 6.07) is 12.1. The molecule has 0 saturated heterocycles. The molecule has 1 unspecified atom stereocenters. The highest BCUT2D eigenvalue weighted by atomic mass is 19.4. The van der Waals surface area contributed by atoms with E-state index in [2.05, 4.69) is 18.3 Å². The molecule has 182 valence electrons. The lowest BCUT2D eigenvalue weighted by atomic mass is 10.00. The molecular weight excluding hydrogens is 443 g/mol. The van der Waals surface area contributed by atoms with Crippen LogP contribution in [-0.2, 0) is 22.4 Å². The van der Waals surface area contributed by atoms with Crippen molar-refractivity contribution in [2.75, 3.05) is 19.5 Å². The summed E-state index contributed by atoms with van der Waals surface area (Å²) in [5, 5.41) is 19.4. The van der Waals surface area contributed by atoms with Crippen LogP contribution in [0.3, 0.4) is 0 Å². The van der Waals surface area contributed by atoms with Crippen molar-refractivity contribution in [3.63, 3.8) is 0 Å². The summed E-state index contributed by atoms with van der Waals surface area (Å²) >= 11 is 0. The first-order chi connectivity index (χ1) is 15.4. The van der Waals surface area contributed by atoms with Crippen LogP contribution in [0.4, 0.5) is 18.9 Å². The highest BCUT2D eigenvalue weighted by molar-refractivity contribution is 5.73. The van der Waals surface area contributed by atoms with E-state index >= 15 is 0 Å². The summed E-state index contributed by atoms with van der Waals surface area (Å²) in [4.78, 5) is 19.6. The van der Waals surface area contributed by atoms with Crippen LogP contribution in [0.25, 0.3) is 0 Å². The van der Waals surface area contributed by atoms with Crippen molar-refractivity contribution in [2.45, 2.75) is 45.3 Å². The highest BCUT2D eigenvalue weighted by Crippen LogP contribution is 2.33. The van der Waals surface area contributed by atoms with Gasteiger partial charge in [-0.2, -0.15) is 13.2 Å². The number of halogens is 3. The minimum absolute atomic E-state index is 0.143. The molecule has 3 N–H and O–H groups in total. The lowest BCUT2D eigenvalue weighted by Crippen LogP contribution is -2.21. The van der Waals surface area contributed by atoms with Crippen LogP contribution in [0.5, 0.6) is 11.5 Å². The number of carboxylic acid groups (broad SMARTS) is 2. The molecule has 0 fully saturated rings. The standard InChI is InChI=1S/C21H27NO4.C2HF3O2/c1-14(12-17-9-10-19(25-3)21(26-4)15(17)2)22-18-7-5-6-16(13-18)8-11-20(23)24;3-2(4,5)1(6)7/h5-7,9-10,13-14,22H,8,11-12H2,1-4H3,(H,23,24);(H,6,7). The van der Waals surface area contributed by atoms with E-state index in [1.165, 1.54) is 5.56 Å². The van der Waals surface area contributed by atoms with Crippen LogP contribution in [-0.4, -0.2) is 48.6 Å². The van der Waals surface area contributed by atoms with Crippen molar-refractivity contribution in [1.82, 2.24) is 0 Å². The number of alkyl halides is 3. The number of anilines is 1. The fourth-order valence-corrected chi connectivity index (χ4v) is 3.08. The van der Waals surface area contributed by atoms with E-state index in [4.69, 9.17) is 24.5 Å². The molecule has 0 aliphatic carbocycles. The molecule has 0 aliphatic heterocycles. The number of carboxylic acids is 2. The number of nitrogens with one attached hydrogen (secondary N) is 1. The van der Waals surface area contributed by atoms with Crippen LogP contribution >= 0.6 is 0 Å². The third-order valence-corrected chi connectivity index (χ3v) is 4.64. The van der Waals surface area contributed by atoms with Crippen molar-refractivity contribution in [1.29, 1.82) is 0 Å². The molecule has 2 aromatic rings. The maximum absolute atomic E-state index is 10.7. The summed E-state index contributed by atoms with van der Waals surface area (Å²) in [5.41, 5.74) is 4.30. The van der Waals surface area contributed by atoms with Gasteiger partial charge in [0.25, 0.3) is 0 Å². The first-order valence-electron chi connectivity index (χ1n) is 9.96. The Morgan fingerprint density at radius 3 is 2.24 bits per heavy atom. The van der Waals surface area contributed by atoms with E-state index < -0.39 is 18.1 Å². The van der Waals surface area contributed by atoms with E-state index in [0.29, 0.717) is 6.42 Å². The molecule has 2 rings (SSSR count). The van der Waals surface area contributed by atoms with Crippen molar-refractivity contribution in [3.05, 3.63) is 53.1 Å². The minimum Gasteiger partial charge on any atom is -0.493 e. The van der Waals surface area contributed by atoms with Gasteiger partial charge < -0.3 is 25.0 Å². The van der Waals surface area contributed by atoms with E-state index in [0.717, 1.165) is 34.7 Å². The van der Waals surface area contributed by atoms with Crippen LogP contribution in [0, 0.1) is 6.92 Å². The number of hydrogen-bond donors (Lipinski definition) is 3. The van der Waals surface area contributed by atoms with Gasteiger partial charge in [0, 0.05) is 18.2 Å². The smallest absolute Gasteiger partial charge is 0.490 e. The van der Waals surface area contributed by atoms with Gasteiger partial charge in [0.2, 0.25) is 0 Å². The van der Waals surface area contributed by atoms with Gasteiger partial charge in [0.05, 0.1) is 14.2 Å². The number of benzene rings is 2. The fourth-order valence-electron chi connectivity index (χ4n) is 3.08. The Hall–Kier alpha value is -3.43. The van der Waals surface area contributed by atoms with Gasteiger partial charge in [0.15, 0.2) is 11.5 Å². The normalized spacial score (nSPS) is 11.6. The minimum atomic E-state index is -5.08. The molecule has 0 aliphatic rings. The third kappa shape index (κ3) is 9.30. The molecule has 33 heavy (non-hydrogen) atoms. The van der Waals surface area contributed by atoms with Crippen LogP contribution in [0.1, 0.15) is 30.0 Å². The summed E-state index contributed by atoms with van der Waals surface area (Å²) in [6.07, 6.45) is -3.57. The maximum Gasteiger partial charge on any atom is 0.490 e. The van der Waals surface area contributed by atoms with Crippen molar-refractivity contribution in [3.8, 4) is 11.5 Å². The number of aryl methyl sites for hydroxylation is 1. The zero-order valence-electron chi connectivity index (χ0n) is 18.8. The quantitative estimate of drug-likeness (QED) is 0.487. The van der Waals surface area contributed by atoms with Crippen LogP contribution < -0.4 is 14.8 Å². The highest BCUT2D eigenvalue weighted by Gasteiger charge is 2.38. The van der Waals surface area contributed by atoms with Crippen molar-refractivity contribution < 1.29 is 42.4 Å². The zero-order chi connectivity index (χ0) is 25.2. The van der Waals surface area contributed by atoms with Crippen molar-refractivity contribution >= 4 is 17.6 Å². The zero-order valence-corrected chi connectivity index (χ0v) is 18.8. The average Bonchev–Trinajstić information content (AvgIpc) is 2.73. The van der Waals surface area contributed by atoms with Gasteiger partial charge in [-0.3, -0.25) is 4.79 Å². The van der Waals surface area contributed by atoms with Gasteiger partial charge in [-0.05, 0) is 61.6 Å². The Morgan fingerprint density at radius 2 is 1.73 bits per heavy atom. The number of aliphatic carboxylic acids is 2. The maximum atomic E-state index is 10.7. The molecule has 0 radical (unpaired) electrons. The Bertz CT molecular complexity index is 946. The topological polar surface area (TPSA) is 105 Å². The van der Waals surface area contributed by atoms with Gasteiger partial charge in [0.1, 0.15) is 0 Å². The molecule has 0 saturated carbocycles. The summed E-state index contributed by atoms with van der Waals surface area (Å²) in [5.74, 6) is -2.03. The number of methoxy groups -OCH3 is 2. The summed E-state index contributed by atoms with van der Waals surface area (Å²) < 4.78 is 42.6. The molecule has 0 spiro atoms. The second-order valence-corrected chi connectivity index (χ2v) is 7.23. The molecule has 0 aromatic heterocycles. The lowest BCUT2D eigenvalue weighted by molar-refractivity contribution is -0.192. The van der Waals surface area contributed by atoms with Gasteiger partial charge in [-0.1, -0.05) is 18.2 Å².